The van der Waals surface area contributed by atoms with Gasteiger partial charge < -0.3 is 15.3 Å². The molecule has 1 aromatic rings. The van der Waals surface area contributed by atoms with E-state index in [0.717, 1.165) is 31.2 Å². The van der Waals surface area contributed by atoms with Gasteiger partial charge in [-0.2, -0.15) is 0 Å². The summed E-state index contributed by atoms with van der Waals surface area (Å²) in [5, 5.41) is 12.1. The fourth-order valence-electron chi connectivity index (χ4n) is 2.27. The Kier molecular flexibility index (Phi) is 5.64. The lowest BCUT2D eigenvalue weighted by atomic mass is 10.2. The molecule has 0 radical (unpaired) electrons. The van der Waals surface area contributed by atoms with Crippen molar-refractivity contribution >= 4 is 23.2 Å². The summed E-state index contributed by atoms with van der Waals surface area (Å²) >= 11 is 5.88. The van der Waals surface area contributed by atoms with E-state index in [4.69, 9.17) is 16.7 Å². The largest absolute Gasteiger partial charge is 0.395 e. The molecule has 20 heavy (non-hydrogen) atoms. The van der Waals surface area contributed by atoms with Crippen LogP contribution in [0, 0.1) is 0 Å². The summed E-state index contributed by atoms with van der Waals surface area (Å²) in [5.41, 5.74) is 1.17. The van der Waals surface area contributed by atoms with Crippen molar-refractivity contribution in [2.45, 2.75) is 0 Å². The molecular formula is C14H20ClN3O2. The zero-order valence-corrected chi connectivity index (χ0v) is 12.1. The maximum atomic E-state index is 11.6. The number of piperazine rings is 1. The Morgan fingerprint density at radius 2 is 1.85 bits per heavy atom. The van der Waals surface area contributed by atoms with E-state index in [9.17, 15) is 4.79 Å². The first kappa shape index (κ1) is 15.1. The summed E-state index contributed by atoms with van der Waals surface area (Å²) in [7, 11) is 0. The highest BCUT2D eigenvalue weighted by Gasteiger charge is 2.18. The van der Waals surface area contributed by atoms with Crippen molar-refractivity contribution in [1.82, 2.24) is 10.2 Å². The van der Waals surface area contributed by atoms with E-state index in [-0.39, 0.29) is 12.5 Å². The van der Waals surface area contributed by atoms with Gasteiger partial charge in [-0.05, 0) is 24.3 Å². The third kappa shape index (κ3) is 4.37. The van der Waals surface area contributed by atoms with Crippen molar-refractivity contribution in [3.63, 3.8) is 0 Å². The number of aliphatic hydroxyl groups excluding tert-OH is 1. The molecule has 2 N–H and O–H groups in total. The molecule has 5 nitrogen and oxygen atoms in total. The van der Waals surface area contributed by atoms with Crippen LogP contribution < -0.4 is 10.2 Å². The summed E-state index contributed by atoms with van der Waals surface area (Å²) in [6.07, 6.45) is 0. The molecule has 6 heteroatoms. The molecule has 1 heterocycles. The molecule has 110 valence electrons. The summed E-state index contributed by atoms with van der Waals surface area (Å²) < 4.78 is 0. The van der Waals surface area contributed by atoms with Crippen LogP contribution in [-0.2, 0) is 4.79 Å². The molecule has 1 aromatic carbocycles. The van der Waals surface area contributed by atoms with Gasteiger partial charge in [-0.3, -0.25) is 9.69 Å². The Balaban J connectivity index is 1.77. The van der Waals surface area contributed by atoms with Gasteiger partial charge in [-0.25, -0.2) is 0 Å². The maximum absolute atomic E-state index is 11.6. The minimum absolute atomic E-state index is 0.0178. The predicted molar refractivity (Wildman–Crippen MR) is 80.2 cm³/mol. The summed E-state index contributed by atoms with van der Waals surface area (Å²) in [6.45, 7) is 4.21. The van der Waals surface area contributed by atoms with Crippen LogP contribution in [0.4, 0.5) is 5.69 Å². The third-order valence-corrected chi connectivity index (χ3v) is 3.62. The van der Waals surface area contributed by atoms with Gasteiger partial charge in [0.25, 0.3) is 0 Å². The Hall–Kier alpha value is -1.30. The van der Waals surface area contributed by atoms with E-state index < -0.39 is 0 Å². The molecule has 0 spiro atoms. The molecule has 0 aromatic heterocycles. The van der Waals surface area contributed by atoms with Gasteiger partial charge in [0.15, 0.2) is 0 Å². The average molecular weight is 298 g/mol. The first-order valence-electron chi connectivity index (χ1n) is 6.79. The zero-order chi connectivity index (χ0) is 14.4. The van der Waals surface area contributed by atoms with Gasteiger partial charge in [0.05, 0.1) is 13.2 Å². The standard InChI is InChI=1S/C14H20ClN3O2/c15-12-1-3-13(4-2-12)18-8-6-17(7-9-18)11-14(20)16-5-10-19/h1-4,19H,5-11H2,(H,16,20). The minimum atomic E-state index is -0.0287. The first-order valence-corrected chi connectivity index (χ1v) is 7.17. The highest BCUT2D eigenvalue weighted by Crippen LogP contribution is 2.19. The molecule has 2 rings (SSSR count). The second kappa shape index (κ2) is 7.47. The molecule has 1 aliphatic rings. The van der Waals surface area contributed by atoms with Crippen LogP contribution in [0.1, 0.15) is 0 Å². The Bertz CT molecular complexity index is 431. The number of halogens is 1. The van der Waals surface area contributed by atoms with Gasteiger partial charge >= 0.3 is 0 Å². The molecule has 0 bridgehead atoms. The van der Waals surface area contributed by atoms with E-state index in [1.54, 1.807) is 0 Å². The number of carbonyl (C=O) groups is 1. The van der Waals surface area contributed by atoms with Gasteiger partial charge in [-0.1, -0.05) is 11.6 Å². The first-order chi connectivity index (χ1) is 9.69. The number of aliphatic hydroxyl groups is 1. The van der Waals surface area contributed by atoms with Crippen LogP contribution in [0.25, 0.3) is 0 Å². The van der Waals surface area contributed by atoms with E-state index in [1.165, 1.54) is 5.69 Å². The Morgan fingerprint density at radius 3 is 2.45 bits per heavy atom. The van der Waals surface area contributed by atoms with Gasteiger partial charge in [-0.15, -0.1) is 0 Å². The molecule has 1 amide bonds. The Labute approximate surface area is 124 Å². The fraction of sp³-hybridized carbons (Fsp3) is 0.500. The monoisotopic (exact) mass is 297 g/mol. The summed E-state index contributed by atoms with van der Waals surface area (Å²) in [6, 6.07) is 7.83. The van der Waals surface area contributed by atoms with Gasteiger partial charge in [0.2, 0.25) is 5.91 Å². The lowest BCUT2D eigenvalue weighted by Gasteiger charge is -2.35. The van der Waals surface area contributed by atoms with Crippen molar-refractivity contribution in [2.24, 2.45) is 0 Å². The smallest absolute Gasteiger partial charge is 0.234 e. The Morgan fingerprint density at radius 1 is 1.20 bits per heavy atom. The molecule has 1 fully saturated rings. The minimum Gasteiger partial charge on any atom is -0.395 e. The molecule has 1 saturated heterocycles. The predicted octanol–water partition coefficient (Wildman–Crippen LogP) is 0.571. The highest BCUT2D eigenvalue weighted by atomic mass is 35.5. The molecule has 1 aliphatic heterocycles. The SMILES string of the molecule is O=C(CN1CCN(c2ccc(Cl)cc2)CC1)NCCO. The quantitative estimate of drug-likeness (QED) is 0.834. The lowest BCUT2D eigenvalue weighted by Crippen LogP contribution is -2.49. The van der Waals surface area contributed by atoms with Crippen LogP contribution in [0.15, 0.2) is 24.3 Å². The molecule has 0 aliphatic carbocycles. The maximum Gasteiger partial charge on any atom is 0.234 e. The van der Waals surface area contributed by atoms with Crippen LogP contribution in [0.3, 0.4) is 0 Å². The van der Waals surface area contributed by atoms with E-state index >= 15 is 0 Å². The molecule has 0 unspecified atom stereocenters. The second-order valence-corrected chi connectivity index (χ2v) is 5.25. The van der Waals surface area contributed by atoms with E-state index in [2.05, 4.69) is 15.1 Å². The van der Waals surface area contributed by atoms with E-state index in [1.807, 2.05) is 24.3 Å². The van der Waals surface area contributed by atoms with Crippen LogP contribution in [0.5, 0.6) is 0 Å². The number of hydrogen-bond acceptors (Lipinski definition) is 4. The summed E-state index contributed by atoms with van der Waals surface area (Å²) in [4.78, 5) is 16.0. The normalized spacial score (nSPS) is 16.2. The fourth-order valence-corrected chi connectivity index (χ4v) is 2.40. The molecule has 0 atom stereocenters. The van der Waals surface area contributed by atoms with Gasteiger partial charge in [0, 0.05) is 43.4 Å². The molecule has 0 saturated carbocycles. The highest BCUT2D eigenvalue weighted by molar-refractivity contribution is 6.30. The zero-order valence-electron chi connectivity index (χ0n) is 11.4. The van der Waals surface area contributed by atoms with E-state index in [0.29, 0.717) is 13.1 Å². The topological polar surface area (TPSA) is 55.8 Å². The second-order valence-electron chi connectivity index (χ2n) is 4.81. The number of rotatable bonds is 5. The number of hydrogen-bond donors (Lipinski definition) is 2. The number of anilines is 1. The van der Waals surface area contributed by atoms with Crippen molar-refractivity contribution in [2.75, 3.05) is 50.8 Å². The third-order valence-electron chi connectivity index (χ3n) is 3.37. The van der Waals surface area contributed by atoms with Crippen molar-refractivity contribution < 1.29 is 9.90 Å². The van der Waals surface area contributed by atoms with Crippen molar-refractivity contribution in [3.8, 4) is 0 Å². The van der Waals surface area contributed by atoms with Crippen LogP contribution in [-0.4, -0.2) is 61.8 Å². The van der Waals surface area contributed by atoms with Crippen LogP contribution in [0.2, 0.25) is 5.02 Å². The molecular weight excluding hydrogens is 278 g/mol. The van der Waals surface area contributed by atoms with Crippen LogP contribution >= 0.6 is 11.6 Å². The van der Waals surface area contributed by atoms with Crippen molar-refractivity contribution in [3.05, 3.63) is 29.3 Å². The van der Waals surface area contributed by atoms with Gasteiger partial charge in [0.1, 0.15) is 0 Å². The number of nitrogens with zero attached hydrogens (tertiary/aromatic N) is 2. The average Bonchev–Trinajstić information content (AvgIpc) is 2.47. The number of carbonyl (C=O) groups excluding carboxylic acids is 1. The number of amides is 1. The lowest BCUT2D eigenvalue weighted by molar-refractivity contribution is -0.122. The summed E-state index contributed by atoms with van der Waals surface area (Å²) in [5.74, 6) is -0.0287. The number of benzene rings is 1. The number of nitrogens with one attached hydrogen (secondary N) is 1. The van der Waals surface area contributed by atoms with Crippen molar-refractivity contribution in [1.29, 1.82) is 0 Å².